The molecule has 3 aromatic rings. The third-order valence-corrected chi connectivity index (χ3v) is 8.70. The number of anilines is 1. The lowest BCUT2D eigenvalue weighted by molar-refractivity contribution is -0.140. The highest BCUT2D eigenvalue weighted by Crippen LogP contribution is 2.33. The van der Waals surface area contributed by atoms with Crippen LogP contribution >= 0.6 is 11.6 Å². The minimum Gasteiger partial charge on any atom is -0.497 e. The van der Waals surface area contributed by atoms with Crippen LogP contribution in [0.4, 0.5) is 5.69 Å². The summed E-state index contributed by atoms with van der Waals surface area (Å²) in [6.07, 6.45) is 0.319. The van der Waals surface area contributed by atoms with Crippen LogP contribution in [-0.4, -0.2) is 58.0 Å². The molecule has 9 nitrogen and oxygen atoms in total. The number of ether oxygens (including phenoxy) is 2. The molecule has 0 radical (unpaired) electrons. The number of methoxy groups -OCH3 is 1. The number of benzene rings is 3. The van der Waals surface area contributed by atoms with E-state index in [0.717, 1.165) is 9.87 Å². The summed E-state index contributed by atoms with van der Waals surface area (Å²) in [6, 6.07) is 18.7. The molecule has 0 spiro atoms. The molecule has 1 atom stereocenters. The molecular weight excluding hydrogens is 590 g/mol. The molecule has 3 aromatic carbocycles. The van der Waals surface area contributed by atoms with Gasteiger partial charge in [-0.2, -0.15) is 0 Å². The molecule has 1 N–H and O–H groups in total. The summed E-state index contributed by atoms with van der Waals surface area (Å²) in [5, 5.41) is 3.30. The van der Waals surface area contributed by atoms with Crippen molar-refractivity contribution in [3.63, 3.8) is 0 Å². The molecular formula is C32H40ClN3O6S. The van der Waals surface area contributed by atoms with Gasteiger partial charge in [0.2, 0.25) is 11.8 Å². The fourth-order valence-corrected chi connectivity index (χ4v) is 6.05. The van der Waals surface area contributed by atoms with Gasteiger partial charge in [0.05, 0.1) is 24.3 Å². The number of halogens is 1. The van der Waals surface area contributed by atoms with Crippen molar-refractivity contribution in [2.24, 2.45) is 5.92 Å². The van der Waals surface area contributed by atoms with Gasteiger partial charge >= 0.3 is 0 Å². The Bertz CT molecular complexity index is 1480. The summed E-state index contributed by atoms with van der Waals surface area (Å²) in [7, 11) is -2.72. The fourth-order valence-electron chi connectivity index (χ4n) is 4.50. The highest BCUT2D eigenvalue weighted by atomic mass is 35.5. The predicted molar refractivity (Wildman–Crippen MR) is 169 cm³/mol. The second-order valence-corrected chi connectivity index (χ2v) is 12.6. The Balaban J connectivity index is 2.11. The molecule has 0 aliphatic heterocycles. The van der Waals surface area contributed by atoms with Gasteiger partial charge in [-0.3, -0.25) is 13.9 Å². The third-order valence-electron chi connectivity index (χ3n) is 6.67. The van der Waals surface area contributed by atoms with E-state index in [4.69, 9.17) is 21.1 Å². The van der Waals surface area contributed by atoms with Gasteiger partial charge in [-0.1, -0.05) is 56.6 Å². The SMILES string of the molecule is CCOc1ccccc1N(CC(=O)N(Cc1cccc(OC)c1)[C@@H](CC)C(=O)NCC(C)C)S(=O)(=O)c1ccc(Cl)cc1. The molecule has 0 aromatic heterocycles. The molecule has 0 unspecified atom stereocenters. The monoisotopic (exact) mass is 629 g/mol. The van der Waals surface area contributed by atoms with E-state index in [1.165, 1.54) is 29.2 Å². The van der Waals surface area contributed by atoms with E-state index in [-0.39, 0.29) is 35.6 Å². The molecule has 0 saturated heterocycles. The number of hydrogen-bond acceptors (Lipinski definition) is 6. The first-order chi connectivity index (χ1) is 20.5. The van der Waals surface area contributed by atoms with Crippen molar-refractivity contribution in [2.75, 3.05) is 31.1 Å². The number of sulfonamides is 1. The van der Waals surface area contributed by atoms with Crippen molar-refractivity contribution >= 4 is 39.1 Å². The lowest BCUT2D eigenvalue weighted by atomic mass is 10.1. The summed E-state index contributed by atoms with van der Waals surface area (Å²) in [4.78, 5) is 29.1. The Morgan fingerprint density at radius 3 is 2.30 bits per heavy atom. The smallest absolute Gasteiger partial charge is 0.264 e. The average Bonchev–Trinajstić information content (AvgIpc) is 2.99. The predicted octanol–water partition coefficient (Wildman–Crippen LogP) is 5.52. The van der Waals surface area contributed by atoms with Crippen LogP contribution in [0.3, 0.4) is 0 Å². The quantitative estimate of drug-likeness (QED) is 0.237. The first-order valence-electron chi connectivity index (χ1n) is 14.2. The van der Waals surface area contributed by atoms with Gasteiger partial charge in [-0.25, -0.2) is 8.42 Å². The molecule has 0 heterocycles. The average molecular weight is 630 g/mol. The Morgan fingerprint density at radius 2 is 1.67 bits per heavy atom. The molecule has 43 heavy (non-hydrogen) atoms. The molecule has 3 rings (SSSR count). The van der Waals surface area contributed by atoms with Crippen molar-refractivity contribution in [3.05, 3.63) is 83.4 Å². The lowest BCUT2D eigenvalue weighted by Crippen LogP contribution is -2.52. The van der Waals surface area contributed by atoms with Gasteiger partial charge in [0, 0.05) is 18.1 Å². The molecule has 232 valence electrons. The summed E-state index contributed by atoms with van der Waals surface area (Å²) in [5.41, 5.74) is 0.927. The number of para-hydroxylation sites is 2. The Hall–Kier alpha value is -3.76. The molecule has 0 aliphatic carbocycles. The number of nitrogens with one attached hydrogen (secondary N) is 1. The van der Waals surface area contributed by atoms with Crippen LogP contribution in [0.1, 0.15) is 39.7 Å². The van der Waals surface area contributed by atoms with Gasteiger partial charge in [-0.15, -0.1) is 0 Å². The first-order valence-corrected chi connectivity index (χ1v) is 16.0. The van der Waals surface area contributed by atoms with Crippen LogP contribution in [0.2, 0.25) is 5.02 Å². The van der Waals surface area contributed by atoms with Gasteiger partial charge in [-0.05, 0) is 73.4 Å². The maximum absolute atomic E-state index is 14.3. The number of carbonyl (C=O) groups excluding carboxylic acids is 2. The van der Waals surface area contributed by atoms with Crippen LogP contribution < -0.4 is 19.1 Å². The second-order valence-electron chi connectivity index (χ2n) is 10.3. The highest BCUT2D eigenvalue weighted by Gasteiger charge is 2.34. The number of amides is 2. The normalized spacial score (nSPS) is 12.0. The minimum absolute atomic E-state index is 0.0444. The summed E-state index contributed by atoms with van der Waals surface area (Å²) >= 11 is 6.04. The molecule has 11 heteroatoms. The van der Waals surface area contributed by atoms with E-state index in [2.05, 4.69) is 5.32 Å². The van der Waals surface area contributed by atoms with Crippen LogP contribution in [0.25, 0.3) is 0 Å². The van der Waals surface area contributed by atoms with E-state index in [0.29, 0.717) is 29.5 Å². The Kier molecular flexibility index (Phi) is 12.3. The Morgan fingerprint density at radius 1 is 0.977 bits per heavy atom. The molecule has 2 amide bonds. The summed E-state index contributed by atoms with van der Waals surface area (Å²) in [5.74, 6) is 0.239. The van der Waals surface area contributed by atoms with Crippen molar-refractivity contribution in [1.29, 1.82) is 0 Å². The number of nitrogens with zero attached hydrogens (tertiary/aromatic N) is 2. The molecule has 0 fully saturated rings. The van der Waals surface area contributed by atoms with E-state index >= 15 is 0 Å². The van der Waals surface area contributed by atoms with E-state index in [1.54, 1.807) is 56.5 Å². The number of rotatable bonds is 15. The highest BCUT2D eigenvalue weighted by molar-refractivity contribution is 7.92. The van der Waals surface area contributed by atoms with Gasteiger partial charge < -0.3 is 19.7 Å². The van der Waals surface area contributed by atoms with Gasteiger partial charge in [0.25, 0.3) is 10.0 Å². The maximum Gasteiger partial charge on any atom is 0.264 e. The lowest BCUT2D eigenvalue weighted by Gasteiger charge is -2.33. The Labute approximate surface area is 259 Å². The van der Waals surface area contributed by atoms with Gasteiger partial charge in [0.1, 0.15) is 24.1 Å². The zero-order valence-electron chi connectivity index (χ0n) is 25.2. The van der Waals surface area contributed by atoms with Crippen molar-refractivity contribution in [3.8, 4) is 11.5 Å². The number of hydrogen-bond donors (Lipinski definition) is 1. The van der Waals surface area contributed by atoms with Crippen molar-refractivity contribution in [2.45, 2.75) is 51.6 Å². The van der Waals surface area contributed by atoms with Crippen LogP contribution in [-0.2, 0) is 26.2 Å². The zero-order chi connectivity index (χ0) is 31.6. The molecule has 0 aliphatic rings. The van der Waals surface area contributed by atoms with E-state index < -0.39 is 28.5 Å². The van der Waals surface area contributed by atoms with Crippen molar-refractivity contribution < 1.29 is 27.5 Å². The van der Waals surface area contributed by atoms with Crippen LogP contribution in [0.5, 0.6) is 11.5 Å². The topological polar surface area (TPSA) is 105 Å². The standard InChI is InChI=1S/C32H40ClN3O6S/c1-6-28(32(38)34-20-23(3)4)35(21-24-11-10-12-26(19-24)41-5)31(37)22-36(29-13-8-9-14-30(29)42-7-2)43(39,40)27-17-15-25(33)16-18-27/h8-19,23,28H,6-7,20-22H2,1-5H3,(H,34,38)/t28-/m0/s1. The zero-order valence-corrected chi connectivity index (χ0v) is 26.8. The van der Waals surface area contributed by atoms with Crippen LogP contribution in [0.15, 0.2) is 77.7 Å². The van der Waals surface area contributed by atoms with Gasteiger partial charge in [0.15, 0.2) is 0 Å². The fraction of sp³-hybridized carbons (Fsp3) is 0.375. The summed E-state index contributed by atoms with van der Waals surface area (Å²) < 4.78 is 40.4. The minimum atomic E-state index is -4.27. The summed E-state index contributed by atoms with van der Waals surface area (Å²) in [6.45, 7) is 7.78. The molecule has 0 saturated carbocycles. The maximum atomic E-state index is 14.3. The van der Waals surface area contributed by atoms with E-state index in [1.807, 2.05) is 26.8 Å². The number of carbonyl (C=O) groups is 2. The van der Waals surface area contributed by atoms with Crippen LogP contribution in [0, 0.1) is 5.92 Å². The second kappa shape index (κ2) is 15.6. The largest absolute Gasteiger partial charge is 0.497 e. The molecule has 0 bridgehead atoms. The third kappa shape index (κ3) is 8.87. The first kappa shape index (κ1) is 33.7. The van der Waals surface area contributed by atoms with Crippen molar-refractivity contribution in [1.82, 2.24) is 10.2 Å². The van der Waals surface area contributed by atoms with E-state index in [9.17, 15) is 18.0 Å².